The number of rotatable bonds is 5. The zero-order valence-electron chi connectivity index (χ0n) is 15.3. The highest BCUT2D eigenvalue weighted by molar-refractivity contribution is 6.80. The summed E-state index contributed by atoms with van der Waals surface area (Å²) in [4.78, 5) is 12.5. The summed E-state index contributed by atoms with van der Waals surface area (Å²) in [5.74, 6) is -0.252. The minimum absolute atomic E-state index is 0.153. The van der Waals surface area contributed by atoms with Gasteiger partial charge in [-0.3, -0.25) is 0 Å². The maximum absolute atomic E-state index is 12.5. The molecule has 0 unspecified atom stereocenters. The second-order valence-corrected chi connectivity index (χ2v) is 13.9. The number of benzene rings is 1. The van der Waals surface area contributed by atoms with Crippen molar-refractivity contribution in [1.82, 2.24) is 0 Å². The first-order chi connectivity index (χ1) is 10.6. The zero-order chi connectivity index (χ0) is 17.3. The Kier molecular flexibility index (Phi) is 5.07. The third kappa shape index (κ3) is 3.53. The molecular formula is C19H30O3Si. The van der Waals surface area contributed by atoms with Crippen molar-refractivity contribution >= 4 is 14.0 Å². The highest BCUT2D eigenvalue weighted by Crippen LogP contribution is 2.49. The Balaban J connectivity index is 2.15. The number of carbonyl (C=O) groups excluding carboxylic acids is 1. The van der Waals surface area contributed by atoms with Gasteiger partial charge in [0.2, 0.25) is 0 Å². The highest BCUT2D eigenvalue weighted by atomic mass is 28.3. The van der Waals surface area contributed by atoms with Crippen LogP contribution in [0, 0.1) is 0 Å². The van der Waals surface area contributed by atoms with Gasteiger partial charge in [-0.2, -0.15) is 0 Å². The molecule has 1 aromatic rings. The van der Waals surface area contributed by atoms with E-state index in [0.717, 1.165) is 18.0 Å². The van der Waals surface area contributed by atoms with Gasteiger partial charge in [-0.1, -0.05) is 64.2 Å². The quantitative estimate of drug-likeness (QED) is 0.576. The van der Waals surface area contributed by atoms with E-state index in [9.17, 15) is 4.79 Å². The fourth-order valence-electron chi connectivity index (χ4n) is 2.97. The smallest absolute Gasteiger partial charge is 0.343 e. The molecule has 0 spiro atoms. The lowest BCUT2D eigenvalue weighted by molar-refractivity contribution is -0.227. The lowest BCUT2D eigenvalue weighted by Gasteiger charge is -2.49. The first-order valence-electron chi connectivity index (χ1n) is 8.53. The van der Waals surface area contributed by atoms with Gasteiger partial charge in [-0.25, -0.2) is 4.79 Å². The number of hydrogen-bond donors (Lipinski definition) is 0. The molecule has 0 aromatic heterocycles. The molecule has 1 heterocycles. The van der Waals surface area contributed by atoms with Gasteiger partial charge in [0, 0.05) is 6.42 Å². The van der Waals surface area contributed by atoms with Crippen molar-refractivity contribution in [1.29, 1.82) is 0 Å². The summed E-state index contributed by atoms with van der Waals surface area (Å²) in [7, 11) is -1.43. The Bertz CT molecular complexity index is 539. The standard InChI is InChI=1S/C19H30O3Si/c1-7-21-17(20)19(15-11-9-8-10-12-15)13-16(22-19)14-23(5,6)18(2,3)4/h8-12,16H,7,13-14H2,1-6H3/t16-,19+/m1/s1. The van der Waals surface area contributed by atoms with E-state index in [1.54, 1.807) is 0 Å². The van der Waals surface area contributed by atoms with Crippen molar-refractivity contribution in [2.75, 3.05) is 6.61 Å². The lowest BCUT2D eigenvalue weighted by Crippen LogP contribution is -2.57. The molecule has 1 aliphatic heterocycles. The Labute approximate surface area is 141 Å². The molecule has 1 aromatic carbocycles. The van der Waals surface area contributed by atoms with Gasteiger partial charge in [-0.05, 0) is 23.6 Å². The number of esters is 1. The van der Waals surface area contributed by atoms with Crippen molar-refractivity contribution in [3.05, 3.63) is 35.9 Å². The number of hydrogen-bond acceptors (Lipinski definition) is 3. The first kappa shape index (κ1) is 18.2. The maximum Gasteiger partial charge on any atom is 0.343 e. The van der Waals surface area contributed by atoms with Gasteiger partial charge in [0.05, 0.1) is 20.8 Å². The van der Waals surface area contributed by atoms with E-state index < -0.39 is 13.7 Å². The van der Waals surface area contributed by atoms with Crippen molar-refractivity contribution in [3.8, 4) is 0 Å². The van der Waals surface area contributed by atoms with Crippen LogP contribution in [0.5, 0.6) is 0 Å². The topological polar surface area (TPSA) is 35.5 Å². The van der Waals surface area contributed by atoms with E-state index in [0.29, 0.717) is 11.6 Å². The van der Waals surface area contributed by atoms with E-state index in [4.69, 9.17) is 9.47 Å². The molecule has 0 aliphatic carbocycles. The van der Waals surface area contributed by atoms with E-state index >= 15 is 0 Å². The van der Waals surface area contributed by atoms with Crippen LogP contribution in [0.2, 0.25) is 24.2 Å². The van der Waals surface area contributed by atoms with Gasteiger partial charge >= 0.3 is 5.97 Å². The Morgan fingerprint density at radius 3 is 2.35 bits per heavy atom. The molecular weight excluding hydrogens is 304 g/mol. The molecule has 1 aliphatic rings. The number of carbonyl (C=O) groups is 1. The molecule has 1 fully saturated rings. The van der Waals surface area contributed by atoms with Crippen LogP contribution in [0.25, 0.3) is 0 Å². The Hall–Kier alpha value is -1.13. The zero-order valence-corrected chi connectivity index (χ0v) is 16.3. The normalized spacial score (nSPS) is 24.9. The van der Waals surface area contributed by atoms with Gasteiger partial charge in [0.25, 0.3) is 0 Å². The lowest BCUT2D eigenvalue weighted by atomic mass is 9.83. The van der Waals surface area contributed by atoms with Crippen LogP contribution in [0.3, 0.4) is 0 Å². The molecule has 0 bridgehead atoms. The molecule has 4 heteroatoms. The van der Waals surface area contributed by atoms with Crippen LogP contribution in [0.15, 0.2) is 30.3 Å². The average molecular weight is 335 g/mol. The molecule has 1 saturated heterocycles. The summed E-state index contributed by atoms with van der Waals surface area (Å²) in [6.45, 7) is 14.0. The third-order valence-electron chi connectivity index (χ3n) is 5.50. The average Bonchev–Trinajstić information content (AvgIpc) is 2.42. The fraction of sp³-hybridized carbons (Fsp3) is 0.632. The Morgan fingerprint density at radius 2 is 1.87 bits per heavy atom. The fourth-order valence-corrected chi connectivity index (χ4v) is 4.95. The predicted molar refractivity (Wildman–Crippen MR) is 96.2 cm³/mol. The molecule has 0 amide bonds. The molecule has 0 radical (unpaired) electrons. The van der Waals surface area contributed by atoms with Gasteiger partial charge in [-0.15, -0.1) is 0 Å². The summed E-state index contributed by atoms with van der Waals surface area (Å²) in [5, 5.41) is 0.325. The predicted octanol–water partition coefficient (Wildman–Crippen LogP) is 4.74. The molecule has 2 rings (SSSR count). The SMILES string of the molecule is CCOC(=O)[C@@]1(c2ccccc2)C[C@H](C[Si](C)(C)C(C)(C)C)O1. The van der Waals surface area contributed by atoms with Crippen molar-refractivity contribution in [2.24, 2.45) is 0 Å². The van der Waals surface area contributed by atoms with E-state index in [2.05, 4.69) is 33.9 Å². The van der Waals surface area contributed by atoms with E-state index in [-0.39, 0.29) is 12.1 Å². The van der Waals surface area contributed by atoms with Crippen LogP contribution >= 0.6 is 0 Å². The van der Waals surface area contributed by atoms with Gasteiger partial charge in [0.15, 0.2) is 5.60 Å². The first-order valence-corrected chi connectivity index (χ1v) is 11.7. The molecule has 3 nitrogen and oxygen atoms in total. The van der Waals surface area contributed by atoms with Crippen molar-refractivity contribution in [3.63, 3.8) is 0 Å². The number of ether oxygens (including phenoxy) is 2. The molecule has 128 valence electrons. The Morgan fingerprint density at radius 1 is 1.30 bits per heavy atom. The van der Waals surface area contributed by atoms with Crippen LogP contribution in [0.4, 0.5) is 0 Å². The van der Waals surface area contributed by atoms with Crippen LogP contribution in [-0.4, -0.2) is 26.8 Å². The molecule has 2 atom stereocenters. The van der Waals surface area contributed by atoms with Crippen LogP contribution < -0.4 is 0 Å². The minimum Gasteiger partial charge on any atom is -0.464 e. The summed E-state index contributed by atoms with van der Waals surface area (Å²) < 4.78 is 11.5. The second kappa shape index (κ2) is 6.40. The second-order valence-electron chi connectivity index (χ2n) is 8.20. The van der Waals surface area contributed by atoms with E-state index in [1.165, 1.54) is 0 Å². The summed E-state index contributed by atoms with van der Waals surface area (Å²) in [6, 6.07) is 10.8. The highest BCUT2D eigenvalue weighted by Gasteiger charge is 2.56. The van der Waals surface area contributed by atoms with Gasteiger partial charge < -0.3 is 9.47 Å². The molecule has 23 heavy (non-hydrogen) atoms. The summed E-state index contributed by atoms with van der Waals surface area (Å²) >= 11 is 0. The summed E-state index contributed by atoms with van der Waals surface area (Å²) in [6.07, 6.45) is 0.878. The summed E-state index contributed by atoms with van der Waals surface area (Å²) in [5.41, 5.74) is 0.00883. The molecule has 0 N–H and O–H groups in total. The van der Waals surface area contributed by atoms with E-state index in [1.807, 2.05) is 37.3 Å². The monoisotopic (exact) mass is 334 g/mol. The maximum atomic E-state index is 12.5. The molecule has 0 saturated carbocycles. The van der Waals surface area contributed by atoms with Crippen LogP contribution in [0.1, 0.15) is 39.7 Å². The van der Waals surface area contributed by atoms with Crippen molar-refractivity contribution in [2.45, 2.75) is 70.0 Å². The van der Waals surface area contributed by atoms with Gasteiger partial charge in [0.1, 0.15) is 0 Å². The van der Waals surface area contributed by atoms with Crippen molar-refractivity contribution < 1.29 is 14.3 Å². The minimum atomic E-state index is -1.43. The third-order valence-corrected chi connectivity index (χ3v) is 11.0. The van der Waals surface area contributed by atoms with Crippen LogP contribution in [-0.2, 0) is 19.9 Å². The largest absolute Gasteiger partial charge is 0.464 e.